The van der Waals surface area contributed by atoms with E-state index in [1.807, 2.05) is 0 Å². The van der Waals surface area contributed by atoms with Gasteiger partial charge in [-0.25, -0.2) is 4.68 Å². The molecule has 0 bridgehead atoms. The van der Waals surface area contributed by atoms with Gasteiger partial charge in [-0.1, -0.05) is 44.7 Å². The van der Waals surface area contributed by atoms with Gasteiger partial charge in [-0.05, 0) is 24.7 Å². The van der Waals surface area contributed by atoms with E-state index >= 15 is 0 Å². The van der Waals surface area contributed by atoms with Crippen LogP contribution in [0.5, 0.6) is 0 Å². The number of nitrogens with zero attached hydrogens (tertiary/aromatic N) is 2. The number of hydrogen-bond acceptors (Lipinski definition) is 3. The third kappa shape index (κ3) is 3.54. The van der Waals surface area contributed by atoms with Crippen molar-refractivity contribution >= 4 is 17.3 Å². The minimum absolute atomic E-state index is 0.190. The lowest BCUT2D eigenvalue weighted by molar-refractivity contribution is 0.439. The first-order chi connectivity index (χ1) is 9.63. The first-order valence-electron chi connectivity index (χ1n) is 7.63. The summed E-state index contributed by atoms with van der Waals surface area (Å²) in [6, 6.07) is 0. The molecule has 0 amide bonds. The van der Waals surface area contributed by atoms with Gasteiger partial charge in [0.25, 0.3) is 5.56 Å². The maximum atomic E-state index is 12.1. The first kappa shape index (κ1) is 15.4. The second kappa shape index (κ2) is 7.11. The molecule has 0 radical (unpaired) electrons. The number of hydrogen-bond donors (Lipinski definition) is 1. The highest BCUT2D eigenvalue weighted by Gasteiger charge is 2.23. The van der Waals surface area contributed by atoms with Crippen LogP contribution in [0.25, 0.3) is 0 Å². The largest absolute Gasteiger partial charge is 0.382 e. The van der Waals surface area contributed by atoms with Crippen LogP contribution in [0.15, 0.2) is 11.0 Å². The summed E-state index contributed by atoms with van der Waals surface area (Å²) in [5.41, 5.74) is 0.480. The average Bonchev–Trinajstić information content (AvgIpc) is 2.85. The van der Waals surface area contributed by atoms with Crippen LogP contribution < -0.4 is 10.9 Å². The summed E-state index contributed by atoms with van der Waals surface area (Å²) in [6.07, 6.45) is 7.52. The Kier molecular flexibility index (Phi) is 5.46. The van der Waals surface area contributed by atoms with Crippen molar-refractivity contribution in [2.45, 2.75) is 52.5 Å². The highest BCUT2D eigenvalue weighted by molar-refractivity contribution is 6.32. The Morgan fingerprint density at radius 1 is 1.50 bits per heavy atom. The molecule has 1 aromatic heterocycles. The molecule has 1 aliphatic carbocycles. The number of aromatic nitrogens is 2. The molecule has 1 heterocycles. The normalized spacial score (nSPS) is 22.1. The Morgan fingerprint density at radius 3 is 2.95 bits per heavy atom. The van der Waals surface area contributed by atoms with Gasteiger partial charge in [0.1, 0.15) is 5.02 Å². The molecule has 0 spiro atoms. The van der Waals surface area contributed by atoms with Crippen LogP contribution in [0.1, 0.15) is 46.0 Å². The van der Waals surface area contributed by atoms with Gasteiger partial charge in [-0.2, -0.15) is 5.10 Å². The zero-order valence-corrected chi connectivity index (χ0v) is 13.1. The second-order valence-electron chi connectivity index (χ2n) is 5.80. The quantitative estimate of drug-likeness (QED) is 0.873. The average molecular weight is 298 g/mol. The molecule has 20 heavy (non-hydrogen) atoms. The van der Waals surface area contributed by atoms with Gasteiger partial charge in [0.2, 0.25) is 0 Å². The van der Waals surface area contributed by atoms with Crippen molar-refractivity contribution in [2.24, 2.45) is 11.8 Å². The minimum Gasteiger partial charge on any atom is -0.382 e. The maximum absolute atomic E-state index is 12.1. The highest BCUT2D eigenvalue weighted by atomic mass is 35.5. The summed E-state index contributed by atoms with van der Waals surface area (Å²) < 4.78 is 1.45. The first-order valence-corrected chi connectivity index (χ1v) is 8.00. The van der Waals surface area contributed by atoms with Crippen LogP contribution in [0.4, 0.5) is 5.69 Å². The topological polar surface area (TPSA) is 46.9 Å². The lowest BCUT2D eigenvalue weighted by Crippen LogP contribution is -2.25. The molecule has 0 aromatic carbocycles. The van der Waals surface area contributed by atoms with E-state index in [-0.39, 0.29) is 10.6 Å². The van der Waals surface area contributed by atoms with Crippen LogP contribution in [0, 0.1) is 11.8 Å². The van der Waals surface area contributed by atoms with E-state index in [9.17, 15) is 4.79 Å². The fourth-order valence-corrected chi connectivity index (χ4v) is 3.04. The molecule has 5 heteroatoms. The summed E-state index contributed by atoms with van der Waals surface area (Å²) in [5.74, 6) is 1.42. The fraction of sp³-hybridized carbons (Fsp3) is 0.733. The summed E-state index contributed by atoms with van der Waals surface area (Å²) in [7, 11) is 0. The molecule has 2 unspecified atom stereocenters. The highest BCUT2D eigenvalue weighted by Crippen LogP contribution is 2.31. The zero-order valence-electron chi connectivity index (χ0n) is 12.4. The van der Waals surface area contributed by atoms with Crippen LogP contribution in [-0.4, -0.2) is 16.3 Å². The molecule has 1 saturated carbocycles. The van der Waals surface area contributed by atoms with Gasteiger partial charge < -0.3 is 5.32 Å². The summed E-state index contributed by atoms with van der Waals surface area (Å²) in [6.45, 7) is 5.89. The Balaban J connectivity index is 2.01. The van der Waals surface area contributed by atoms with E-state index in [0.717, 1.165) is 25.3 Å². The van der Waals surface area contributed by atoms with Gasteiger partial charge in [0, 0.05) is 13.1 Å². The Labute approximate surface area is 125 Å². The van der Waals surface area contributed by atoms with Gasteiger partial charge >= 0.3 is 0 Å². The summed E-state index contributed by atoms with van der Waals surface area (Å²) in [4.78, 5) is 12.1. The molecule has 2 atom stereocenters. The molecule has 1 aliphatic rings. The second-order valence-corrected chi connectivity index (χ2v) is 6.18. The number of rotatable bonds is 6. The van der Waals surface area contributed by atoms with Crippen molar-refractivity contribution in [1.29, 1.82) is 0 Å². The van der Waals surface area contributed by atoms with E-state index < -0.39 is 0 Å². The summed E-state index contributed by atoms with van der Waals surface area (Å²) in [5, 5.41) is 7.77. The van der Waals surface area contributed by atoms with Crippen LogP contribution in [0.3, 0.4) is 0 Å². The lowest BCUT2D eigenvalue weighted by Gasteiger charge is -2.17. The third-order valence-electron chi connectivity index (χ3n) is 4.30. The number of aryl methyl sites for hydroxylation is 1. The molecule has 112 valence electrons. The molecular formula is C15H24ClN3O. The molecule has 0 saturated heterocycles. The van der Waals surface area contributed by atoms with E-state index in [1.165, 1.54) is 23.9 Å². The van der Waals surface area contributed by atoms with E-state index in [0.29, 0.717) is 18.2 Å². The molecule has 2 rings (SSSR count). The van der Waals surface area contributed by atoms with Crippen molar-refractivity contribution < 1.29 is 0 Å². The predicted octanol–water partition coefficient (Wildman–Crippen LogP) is 3.54. The Morgan fingerprint density at radius 2 is 2.30 bits per heavy atom. The van der Waals surface area contributed by atoms with Gasteiger partial charge in [-0.3, -0.25) is 4.79 Å². The Hall–Kier alpha value is -1.03. The van der Waals surface area contributed by atoms with Crippen LogP contribution in [0.2, 0.25) is 5.02 Å². The van der Waals surface area contributed by atoms with E-state index in [1.54, 1.807) is 6.20 Å². The van der Waals surface area contributed by atoms with Gasteiger partial charge in [0.15, 0.2) is 0 Å². The van der Waals surface area contributed by atoms with Crippen LogP contribution >= 0.6 is 11.6 Å². The fourth-order valence-electron chi connectivity index (χ4n) is 2.82. The smallest absolute Gasteiger partial charge is 0.287 e. The maximum Gasteiger partial charge on any atom is 0.287 e. The van der Waals surface area contributed by atoms with E-state index in [2.05, 4.69) is 24.3 Å². The number of nitrogens with one attached hydrogen (secondary N) is 1. The molecule has 4 nitrogen and oxygen atoms in total. The predicted molar refractivity (Wildman–Crippen MR) is 83.4 cm³/mol. The van der Waals surface area contributed by atoms with Crippen molar-refractivity contribution in [3.63, 3.8) is 0 Å². The van der Waals surface area contributed by atoms with Crippen LogP contribution in [-0.2, 0) is 6.54 Å². The Bertz CT molecular complexity index is 500. The van der Waals surface area contributed by atoms with Crippen molar-refractivity contribution in [2.75, 3.05) is 11.9 Å². The van der Waals surface area contributed by atoms with Gasteiger partial charge in [0.05, 0.1) is 11.9 Å². The SMILES string of the molecule is CCCCn1ncc(NCC2CCCC2C)c(Cl)c1=O. The standard InChI is InChI=1S/C15H24ClN3O/c1-3-4-8-19-15(20)14(16)13(10-18-19)17-9-12-7-5-6-11(12)2/h10-12,17H,3-9H2,1-2H3. The number of anilines is 1. The van der Waals surface area contributed by atoms with Crippen molar-refractivity contribution in [3.05, 3.63) is 21.6 Å². The van der Waals surface area contributed by atoms with Crippen molar-refractivity contribution in [3.8, 4) is 0 Å². The monoisotopic (exact) mass is 297 g/mol. The summed E-state index contributed by atoms with van der Waals surface area (Å²) >= 11 is 6.16. The minimum atomic E-state index is -0.190. The molecule has 0 aliphatic heterocycles. The van der Waals surface area contributed by atoms with Crippen molar-refractivity contribution in [1.82, 2.24) is 9.78 Å². The van der Waals surface area contributed by atoms with E-state index in [4.69, 9.17) is 11.6 Å². The zero-order chi connectivity index (χ0) is 14.5. The lowest BCUT2D eigenvalue weighted by atomic mass is 9.98. The molecule has 1 N–H and O–H groups in total. The van der Waals surface area contributed by atoms with Gasteiger partial charge in [-0.15, -0.1) is 0 Å². The number of halogens is 1. The molecule has 1 aromatic rings. The molecular weight excluding hydrogens is 274 g/mol. The molecule has 1 fully saturated rings. The number of unbranched alkanes of at least 4 members (excludes halogenated alkanes) is 1. The third-order valence-corrected chi connectivity index (χ3v) is 4.67.